The van der Waals surface area contributed by atoms with Crippen molar-refractivity contribution >= 4 is 5.96 Å². The second-order valence-electron chi connectivity index (χ2n) is 5.63. The Balaban J connectivity index is 2.31. The van der Waals surface area contributed by atoms with Gasteiger partial charge in [0.25, 0.3) is 0 Å². The number of para-hydroxylation sites is 1. The predicted molar refractivity (Wildman–Crippen MR) is 103 cm³/mol. The van der Waals surface area contributed by atoms with Crippen LogP contribution < -0.4 is 15.4 Å². The van der Waals surface area contributed by atoms with Crippen LogP contribution in [0.4, 0.5) is 0 Å². The van der Waals surface area contributed by atoms with Crippen molar-refractivity contribution in [1.29, 1.82) is 0 Å². The maximum atomic E-state index is 5.65. The molecule has 0 heterocycles. The molecule has 0 spiro atoms. The number of nitrogens with zero attached hydrogens (tertiary/aromatic N) is 2. The van der Waals surface area contributed by atoms with Gasteiger partial charge in [-0.2, -0.15) is 0 Å². The van der Waals surface area contributed by atoms with Crippen LogP contribution in [0.15, 0.2) is 29.3 Å². The van der Waals surface area contributed by atoms with Crippen LogP contribution in [0.25, 0.3) is 0 Å². The minimum Gasteiger partial charge on any atom is -0.494 e. The zero-order valence-corrected chi connectivity index (χ0v) is 15.8. The Hall–Kier alpha value is -1.75. The summed E-state index contributed by atoms with van der Waals surface area (Å²) in [6, 6.07) is 8.11. The zero-order chi connectivity index (χ0) is 17.6. The molecule has 5 nitrogen and oxygen atoms in total. The minimum absolute atomic E-state index is 0.677. The molecule has 0 bridgehead atoms. The Labute approximate surface area is 147 Å². The van der Waals surface area contributed by atoms with E-state index in [1.165, 1.54) is 13.0 Å². The smallest absolute Gasteiger partial charge is 0.191 e. The number of benzene rings is 1. The van der Waals surface area contributed by atoms with Gasteiger partial charge in [-0.1, -0.05) is 32.0 Å². The molecule has 2 N–H and O–H groups in total. The van der Waals surface area contributed by atoms with Gasteiger partial charge in [0, 0.05) is 25.7 Å². The molecule has 1 aromatic rings. The first-order chi connectivity index (χ1) is 11.7. The van der Waals surface area contributed by atoms with Crippen LogP contribution in [-0.2, 0) is 6.54 Å². The molecule has 1 aromatic carbocycles. The van der Waals surface area contributed by atoms with Crippen LogP contribution >= 0.6 is 0 Å². The Morgan fingerprint density at radius 1 is 1.08 bits per heavy atom. The average Bonchev–Trinajstić information content (AvgIpc) is 2.62. The SMILES string of the molecule is CCOc1ccccc1CNC(=NC)NCCCCN(CC)CC. The number of aliphatic imine (C=N–C) groups is 1. The number of hydrogen-bond acceptors (Lipinski definition) is 3. The molecule has 0 amide bonds. The average molecular weight is 335 g/mol. The van der Waals surface area contributed by atoms with Gasteiger partial charge in [0.2, 0.25) is 0 Å². The van der Waals surface area contributed by atoms with Crippen molar-refractivity contribution < 1.29 is 4.74 Å². The summed E-state index contributed by atoms with van der Waals surface area (Å²) < 4.78 is 5.65. The van der Waals surface area contributed by atoms with Gasteiger partial charge in [0.05, 0.1) is 6.61 Å². The van der Waals surface area contributed by atoms with Crippen molar-refractivity contribution in [2.75, 3.05) is 39.8 Å². The van der Waals surface area contributed by atoms with E-state index >= 15 is 0 Å². The summed E-state index contributed by atoms with van der Waals surface area (Å²) in [4.78, 5) is 6.74. The Morgan fingerprint density at radius 3 is 2.50 bits per heavy atom. The van der Waals surface area contributed by atoms with Gasteiger partial charge in [-0.3, -0.25) is 4.99 Å². The van der Waals surface area contributed by atoms with Gasteiger partial charge in [0.15, 0.2) is 5.96 Å². The third kappa shape index (κ3) is 7.68. The highest BCUT2D eigenvalue weighted by atomic mass is 16.5. The van der Waals surface area contributed by atoms with Crippen LogP contribution in [0.1, 0.15) is 39.2 Å². The lowest BCUT2D eigenvalue weighted by Gasteiger charge is -2.18. The molecule has 1 rings (SSSR count). The van der Waals surface area contributed by atoms with Crippen molar-refractivity contribution in [2.24, 2.45) is 4.99 Å². The fraction of sp³-hybridized carbons (Fsp3) is 0.632. The van der Waals surface area contributed by atoms with E-state index in [0.29, 0.717) is 13.2 Å². The first-order valence-electron chi connectivity index (χ1n) is 9.12. The molecule has 0 fully saturated rings. The fourth-order valence-corrected chi connectivity index (χ4v) is 2.55. The Kier molecular flexibility index (Phi) is 10.7. The summed E-state index contributed by atoms with van der Waals surface area (Å²) in [5.74, 6) is 1.77. The van der Waals surface area contributed by atoms with Crippen molar-refractivity contribution in [2.45, 2.75) is 40.2 Å². The normalized spacial score (nSPS) is 11.6. The quantitative estimate of drug-likeness (QED) is 0.371. The van der Waals surface area contributed by atoms with Gasteiger partial charge >= 0.3 is 0 Å². The molecule has 0 aromatic heterocycles. The van der Waals surface area contributed by atoms with Crippen molar-refractivity contribution in [3.05, 3.63) is 29.8 Å². The summed E-state index contributed by atoms with van der Waals surface area (Å²) in [7, 11) is 1.81. The zero-order valence-electron chi connectivity index (χ0n) is 15.8. The van der Waals surface area contributed by atoms with Gasteiger partial charge < -0.3 is 20.3 Å². The van der Waals surface area contributed by atoms with Crippen LogP contribution in [-0.4, -0.2) is 50.7 Å². The fourth-order valence-electron chi connectivity index (χ4n) is 2.55. The van der Waals surface area contributed by atoms with Gasteiger partial charge in [-0.05, 0) is 45.5 Å². The van der Waals surface area contributed by atoms with Crippen molar-refractivity contribution in [1.82, 2.24) is 15.5 Å². The summed E-state index contributed by atoms with van der Waals surface area (Å²) in [5, 5.41) is 6.74. The van der Waals surface area contributed by atoms with E-state index in [0.717, 1.165) is 43.3 Å². The number of guanidine groups is 1. The highest BCUT2D eigenvalue weighted by Gasteiger charge is 2.04. The number of ether oxygens (including phenoxy) is 1. The van der Waals surface area contributed by atoms with Crippen LogP contribution in [0.2, 0.25) is 0 Å². The van der Waals surface area contributed by atoms with Gasteiger partial charge in [0.1, 0.15) is 5.75 Å². The molecule has 24 heavy (non-hydrogen) atoms. The summed E-state index contributed by atoms with van der Waals surface area (Å²) in [6.07, 6.45) is 2.35. The number of rotatable bonds is 11. The largest absolute Gasteiger partial charge is 0.494 e. The molecule has 0 saturated heterocycles. The molecule has 0 aliphatic carbocycles. The van der Waals surface area contributed by atoms with E-state index < -0.39 is 0 Å². The molecular formula is C19H34N4O. The van der Waals surface area contributed by atoms with E-state index in [1.54, 1.807) is 7.05 Å². The summed E-state index contributed by atoms with van der Waals surface area (Å²) >= 11 is 0. The van der Waals surface area contributed by atoms with Crippen LogP contribution in [0, 0.1) is 0 Å². The molecule has 5 heteroatoms. The van der Waals surface area contributed by atoms with Crippen LogP contribution in [0.3, 0.4) is 0 Å². The van der Waals surface area contributed by atoms with Crippen LogP contribution in [0.5, 0.6) is 5.75 Å². The Bertz CT molecular complexity index is 472. The molecule has 0 unspecified atom stereocenters. The highest BCUT2D eigenvalue weighted by Crippen LogP contribution is 2.17. The van der Waals surface area contributed by atoms with E-state index in [4.69, 9.17) is 4.74 Å². The monoisotopic (exact) mass is 334 g/mol. The second kappa shape index (κ2) is 12.6. The number of unbranched alkanes of at least 4 members (excludes halogenated alkanes) is 1. The molecule has 0 atom stereocenters. The van der Waals surface area contributed by atoms with E-state index in [2.05, 4.69) is 40.4 Å². The topological polar surface area (TPSA) is 48.9 Å². The molecule has 0 saturated carbocycles. The first-order valence-corrected chi connectivity index (χ1v) is 9.12. The predicted octanol–water partition coefficient (Wildman–Crippen LogP) is 2.87. The van der Waals surface area contributed by atoms with E-state index in [9.17, 15) is 0 Å². The Morgan fingerprint density at radius 2 is 1.83 bits per heavy atom. The highest BCUT2D eigenvalue weighted by molar-refractivity contribution is 5.79. The molecule has 0 radical (unpaired) electrons. The lowest BCUT2D eigenvalue weighted by atomic mass is 10.2. The minimum atomic E-state index is 0.677. The van der Waals surface area contributed by atoms with Crippen molar-refractivity contribution in [3.8, 4) is 5.75 Å². The molecular weight excluding hydrogens is 300 g/mol. The van der Waals surface area contributed by atoms with E-state index in [-0.39, 0.29) is 0 Å². The maximum absolute atomic E-state index is 5.65. The van der Waals surface area contributed by atoms with E-state index in [1.807, 2.05) is 25.1 Å². The number of nitrogens with one attached hydrogen (secondary N) is 2. The molecule has 0 aliphatic heterocycles. The molecule has 0 aliphatic rings. The summed E-state index contributed by atoms with van der Waals surface area (Å²) in [6.45, 7) is 12.2. The van der Waals surface area contributed by atoms with Crippen molar-refractivity contribution in [3.63, 3.8) is 0 Å². The molecule has 136 valence electrons. The second-order valence-corrected chi connectivity index (χ2v) is 5.63. The standard InChI is InChI=1S/C19H34N4O/c1-5-23(6-2)15-11-10-14-21-19(20-4)22-16-17-12-8-9-13-18(17)24-7-3/h8-9,12-13H,5-7,10-11,14-16H2,1-4H3,(H2,20,21,22). The number of hydrogen-bond donors (Lipinski definition) is 2. The lowest BCUT2D eigenvalue weighted by Crippen LogP contribution is -2.37. The maximum Gasteiger partial charge on any atom is 0.191 e. The third-order valence-corrected chi connectivity index (χ3v) is 4.03. The van der Waals surface area contributed by atoms with Gasteiger partial charge in [-0.25, -0.2) is 0 Å². The summed E-state index contributed by atoms with van der Waals surface area (Å²) in [5.41, 5.74) is 1.14. The first kappa shape index (κ1) is 20.3. The lowest BCUT2D eigenvalue weighted by molar-refractivity contribution is 0.297. The van der Waals surface area contributed by atoms with Gasteiger partial charge in [-0.15, -0.1) is 0 Å². The third-order valence-electron chi connectivity index (χ3n) is 4.03.